The highest BCUT2D eigenvalue weighted by atomic mass is 32.1. The van der Waals surface area contributed by atoms with Crippen LogP contribution >= 0.6 is 11.3 Å². The van der Waals surface area contributed by atoms with Crippen molar-refractivity contribution in [1.82, 2.24) is 9.88 Å². The van der Waals surface area contributed by atoms with Crippen LogP contribution in [0.2, 0.25) is 0 Å². The van der Waals surface area contributed by atoms with Gasteiger partial charge in [-0.25, -0.2) is 0 Å². The molecular formula is C21H21N3O2S. The van der Waals surface area contributed by atoms with Crippen LogP contribution < -0.4 is 5.32 Å². The summed E-state index contributed by atoms with van der Waals surface area (Å²) in [5.74, 6) is -0.212. The molecule has 0 saturated carbocycles. The number of benzene rings is 1. The Kier molecular flexibility index (Phi) is 4.90. The predicted octanol–water partition coefficient (Wildman–Crippen LogP) is 4.10. The maximum atomic E-state index is 12.9. The van der Waals surface area contributed by atoms with Crippen LogP contribution in [0.5, 0.6) is 0 Å². The van der Waals surface area contributed by atoms with Crippen LogP contribution in [0.3, 0.4) is 0 Å². The van der Waals surface area contributed by atoms with Crippen molar-refractivity contribution in [3.8, 4) is 0 Å². The Bertz CT molecular complexity index is 984. The highest BCUT2D eigenvalue weighted by Crippen LogP contribution is 2.27. The average molecular weight is 379 g/mol. The first-order valence-corrected chi connectivity index (χ1v) is 9.99. The maximum absolute atomic E-state index is 12.9. The Balaban J connectivity index is 1.50. The van der Waals surface area contributed by atoms with E-state index in [-0.39, 0.29) is 17.7 Å². The number of likely N-dealkylation sites (tertiary alicyclic amines) is 1. The smallest absolute Gasteiger partial charge is 0.263 e. The first-order chi connectivity index (χ1) is 13.1. The fourth-order valence-electron chi connectivity index (χ4n) is 3.59. The Morgan fingerprint density at radius 1 is 1.22 bits per heavy atom. The molecule has 1 atom stereocenters. The Labute approximate surface area is 162 Å². The van der Waals surface area contributed by atoms with Crippen LogP contribution in [-0.4, -0.2) is 34.8 Å². The van der Waals surface area contributed by atoms with Crippen LogP contribution in [0.25, 0.3) is 10.9 Å². The van der Waals surface area contributed by atoms with Gasteiger partial charge in [0.25, 0.3) is 5.91 Å². The van der Waals surface area contributed by atoms with E-state index in [4.69, 9.17) is 0 Å². The minimum Gasteiger partial charge on any atom is -0.337 e. The number of anilines is 1. The summed E-state index contributed by atoms with van der Waals surface area (Å²) in [6.45, 7) is 3.18. The van der Waals surface area contributed by atoms with Crippen LogP contribution in [0.4, 0.5) is 5.69 Å². The number of nitrogens with zero attached hydrogens (tertiary/aromatic N) is 2. The van der Waals surface area contributed by atoms with Gasteiger partial charge in [-0.15, -0.1) is 11.3 Å². The molecule has 1 aliphatic heterocycles. The number of nitrogens with one attached hydrogen (secondary N) is 1. The number of aryl methyl sites for hydroxylation is 1. The van der Waals surface area contributed by atoms with Gasteiger partial charge >= 0.3 is 0 Å². The second-order valence-corrected chi connectivity index (χ2v) is 7.83. The molecule has 27 heavy (non-hydrogen) atoms. The number of pyridine rings is 1. The number of hydrogen-bond acceptors (Lipinski definition) is 4. The van der Waals surface area contributed by atoms with Gasteiger partial charge < -0.3 is 10.2 Å². The molecule has 2 aromatic heterocycles. The van der Waals surface area contributed by atoms with Gasteiger partial charge in [0.2, 0.25) is 5.91 Å². The third-order valence-corrected chi connectivity index (χ3v) is 5.90. The van der Waals surface area contributed by atoms with E-state index in [1.807, 2.05) is 48.7 Å². The molecule has 0 aliphatic carbocycles. The first kappa shape index (κ1) is 17.7. The van der Waals surface area contributed by atoms with E-state index in [9.17, 15) is 9.59 Å². The summed E-state index contributed by atoms with van der Waals surface area (Å²) in [5, 5.41) is 5.90. The lowest BCUT2D eigenvalue weighted by Crippen LogP contribution is -2.43. The number of rotatable bonds is 3. The van der Waals surface area contributed by atoms with Crippen molar-refractivity contribution in [3.63, 3.8) is 0 Å². The fourth-order valence-corrected chi connectivity index (χ4v) is 4.28. The lowest BCUT2D eigenvalue weighted by molar-refractivity contribution is -0.121. The molecule has 3 heterocycles. The molecular weight excluding hydrogens is 358 g/mol. The van der Waals surface area contributed by atoms with Gasteiger partial charge in [-0.2, -0.15) is 0 Å². The van der Waals surface area contributed by atoms with Gasteiger partial charge in [0.1, 0.15) is 0 Å². The van der Waals surface area contributed by atoms with Gasteiger partial charge in [0, 0.05) is 24.7 Å². The maximum Gasteiger partial charge on any atom is 0.263 e. The zero-order chi connectivity index (χ0) is 18.8. The molecule has 0 unspecified atom stereocenters. The number of carbonyl (C=O) groups is 2. The third kappa shape index (κ3) is 3.57. The standard InChI is InChI=1S/C21H21N3O2S/c1-14-8-9-17(16-6-2-10-22-19(14)16)23-20(25)15-5-3-11-24(13-15)21(26)18-7-4-12-27-18/h2,4,6-10,12,15H,3,5,11,13H2,1H3,(H,23,25)/t15-/m1/s1. The molecule has 1 fully saturated rings. The number of thiophene rings is 1. The molecule has 0 bridgehead atoms. The number of aromatic nitrogens is 1. The summed E-state index contributed by atoms with van der Waals surface area (Å²) < 4.78 is 0. The van der Waals surface area contributed by atoms with Crippen molar-refractivity contribution in [2.75, 3.05) is 18.4 Å². The van der Waals surface area contributed by atoms with Crippen molar-refractivity contribution in [1.29, 1.82) is 0 Å². The van der Waals surface area contributed by atoms with E-state index < -0.39 is 0 Å². The lowest BCUT2D eigenvalue weighted by atomic mass is 9.96. The van der Waals surface area contributed by atoms with Gasteiger partial charge in [-0.1, -0.05) is 12.1 Å². The average Bonchev–Trinajstić information content (AvgIpc) is 3.24. The van der Waals surface area contributed by atoms with E-state index in [0.29, 0.717) is 13.1 Å². The molecule has 0 radical (unpaired) electrons. The second-order valence-electron chi connectivity index (χ2n) is 6.89. The van der Waals surface area contributed by atoms with Crippen LogP contribution in [0.1, 0.15) is 28.1 Å². The quantitative estimate of drug-likeness (QED) is 0.745. The molecule has 2 amide bonds. The molecule has 1 N–H and O–H groups in total. The van der Waals surface area contributed by atoms with Gasteiger partial charge in [0.05, 0.1) is 22.0 Å². The summed E-state index contributed by atoms with van der Waals surface area (Å²) in [5.41, 5.74) is 2.75. The van der Waals surface area contributed by atoms with Crippen molar-refractivity contribution >= 4 is 39.7 Å². The molecule has 4 rings (SSSR count). The first-order valence-electron chi connectivity index (χ1n) is 9.11. The van der Waals surface area contributed by atoms with Crippen molar-refractivity contribution in [3.05, 3.63) is 58.4 Å². The summed E-state index contributed by atoms with van der Waals surface area (Å²) in [6.07, 6.45) is 3.39. The highest BCUT2D eigenvalue weighted by Gasteiger charge is 2.29. The Morgan fingerprint density at radius 2 is 2.11 bits per heavy atom. The molecule has 138 valence electrons. The van der Waals surface area contributed by atoms with Crippen LogP contribution in [0.15, 0.2) is 48.0 Å². The van der Waals surface area contributed by atoms with Gasteiger partial charge in [0.15, 0.2) is 0 Å². The Hall–Kier alpha value is -2.73. The number of fused-ring (bicyclic) bond motifs is 1. The zero-order valence-electron chi connectivity index (χ0n) is 15.1. The molecule has 1 aliphatic rings. The van der Waals surface area contributed by atoms with Gasteiger partial charge in [-0.3, -0.25) is 14.6 Å². The third-order valence-electron chi connectivity index (χ3n) is 5.04. The minimum absolute atomic E-state index is 0.0208. The summed E-state index contributed by atoms with van der Waals surface area (Å²) in [7, 11) is 0. The minimum atomic E-state index is -0.198. The molecule has 1 aromatic carbocycles. The molecule has 6 heteroatoms. The largest absolute Gasteiger partial charge is 0.337 e. The second kappa shape index (κ2) is 7.48. The van der Waals surface area contributed by atoms with E-state index >= 15 is 0 Å². The predicted molar refractivity (Wildman–Crippen MR) is 108 cm³/mol. The van der Waals surface area contributed by atoms with Gasteiger partial charge in [-0.05, 0) is 55.0 Å². The number of piperidine rings is 1. The number of amides is 2. The summed E-state index contributed by atoms with van der Waals surface area (Å²) >= 11 is 1.44. The van der Waals surface area contributed by atoms with Crippen LogP contribution in [-0.2, 0) is 4.79 Å². The molecule has 3 aromatic rings. The van der Waals surface area contributed by atoms with E-state index in [1.54, 1.807) is 11.1 Å². The van der Waals surface area contributed by atoms with Crippen molar-refractivity contribution in [2.24, 2.45) is 5.92 Å². The lowest BCUT2D eigenvalue weighted by Gasteiger charge is -2.31. The number of carbonyl (C=O) groups excluding carboxylic acids is 2. The van der Waals surface area contributed by atoms with E-state index in [1.165, 1.54) is 11.3 Å². The van der Waals surface area contributed by atoms with E-state index in [0.717, 1.165) is 39.9 Å². The van der Waals surface area contributed by atoms with Crippen molar-refractivity contribution < 1.29 is 9.59 Å². The monoisotopic (exact) mass is 379 g/mol. The molecule has 5 nitrogen and oxygen atoms in total. The highest BCUT2D eigenvalue weighted by molar-refractivity contribution is 7.12. The van der Waals surface area contributed by atoms with Crippen LogP contribution in [0, 0.1) is 12.8 Å². The summed E-state index contributed by atoms with van der Waals surface area (Å²) in [4.78, 5) is 32.4. The Morgan fingerprint density at radius 3 is 2.93 bits per heavy atom. The zero-order valence-corrected chi connectivity index (χ0v) is 16.0. The molecule has 1 saturated heterocycles. The molecule has 0 spiro atoms. The number of hydrogen-bond donors (Lipinski definition) is 1. The van der Waals surface area contributed by atoms with Crippen molar-refractivity contribution in [2.45, 2.75) is 19.8 Å². The topological polar surface area (TPSA) is 62.3 Å². The van der Waals surface area contributed by atoms with E-state index in [2.05, 4.69) is 10.3 Å². The summed E-state index contributed by atoms with van der Waals surface area (Å²) in [6, 6.07) is 11.5. The SMILES string of the molecule is Cc1ccc(NC(=O)[C@@H]2CCCN(C(=O)c3cccs3)C2)c2cccnc12. The normalized spacial score (nSPS) is 17.1. The fraction of sp³-hybridized carbons (Fsp3) is 0.286.